The number of aliphatic hydroxyl groups is 4. The second-order valence-electron chi connectivity index (χ2n) is 10.2. The van der Waals surface area contributed by atoms with Crippen molar-refractivity contribution in [3.8, 4) is 0 Å². The van der Waals surface area contributed by atoms with E-state index in [1.54, 1.807) is 12.2 Å². The van der Waals surface area contributed by atoms with Gasteiger partial charge in [0.05, 0.1) is 25.5 Å². The molecule has 0 saturated carbocycles. The highest BCUT2D eigenvalue weighted by molar-refractivity contribution is 5.91. The number of anilines is 1. The van der Waals surface area contributed by atoms with Gasteiger partial charge in [0.2, 0.25) is 11.8 Å². The quantitative estimate of drug-likeness (QED) is 0.0719. The Kier molecular flexibility index (Phi) is 13.8. The van der Waals surface area contributed by atoms with Crippen LogP contribution in [-0.2, 0) is 14.3 Å². The van der Waals surface area contributed by atoms with Gasteiger partial charge in [0.1, 0.15) is 36.3 Å². The molecule has 2 aromatic heterocycles. The van der Waals surface area contributed by atoms with Gasteiger partial charge < -0.3 is 46.1 Å². The first-order valence-electron chi connectivity index (χ1n) is 14.5. The van der Waals surface area contributed by atoms with Crippen molar-refractivity contribution in [2.75, 3.05) is 18.5 Å². The van der Waals surface area contributed by atoms with E-state index in [-0.39, 0.29) is 5.82 Å². The lowest BCUT2D eigenvalue weighted by Gasteiger charge is -2.44. The lowest BCUT2D eigenvalue weighted by Crippen LogP contribution is -2.68. The van der Waals surface area contributed by atoms with Crippen molar-refractivity contribution < 1.29 is 34.8 Å². The molecular formula is C28H43N7O7. The van der Waals surface area contributed by atoms with E-state index in [1.807, 2.05) is 6.08 Å². The maximum absolute atomic E-state index is 12.6. The van der Waals surface area contributed by atoms with Crippen LogP contribution in [0.2, 0.25) is 0 Å². The summed E-state index contributed by atoms with van der Waals surface area (Å²) in [4.78, 5) is 39.6. The number of imidazole rings is 1. The Labute approximate surface area is 244 Å². The maximum Gasteiger partial charge on any atom is 0.244 e. The van der Waals surface area contributed by atoms with E-state index in [4.69, 9.17) is 4.74 Å². The molecule has 8 N–H and O–H groups in total. The second kappa shape index (κ2) is 17.5. The molecule has 0 radical (unpaired) electrons. The Morgan fingerprint density at radius 1 is 1.07 bits per heavy atom. The number of unbranched alkanes of at least 4 members (excludes halogenated alkanes) is 7. The monoisotopic (exact) mass is 589 g/mol. The van der Waals surface area contributed by atoms with Crippen LogP contribution in [0.15, 0.2) is 37.0 Å². The van der Waals surface area contributed by atoms with Crippen LogP contribution in [0.25, 0.3) is 11.2 Å². The Hall–Kier alpha value is -3.43. The summed E-state index contributed by atoms with van der Waals surface area (Å²) in [5.41, 5.74) is 0.776. The SMILES string of the molecule is CCCCCCCCC/C=C/C=C/C(=O)NCC(=O)NC1C(O)C(O)C(Nc2ncnc3nc[nH]c23)OC1C(O)CO. The smallest absolute Gasteiger partial charge is 0.244 e. The van der Waals surface area contributed by atoms with Crippen LogP contribution in [0.4, 0.5) is 5.82 Å². The van der Waals surface area contributed by atoms with E-state index >= 15 is 0 Å². The molecule has 1 saturated heterocycles. The summed E-state index contributed by atoms with van der Waals surface area (Å²) in [6, 6.07) is -1.30. The van der Waals surface area contributed by atoms with Crippen LogP contribution >= 0.6 is 0 Å². The molecule has 14 nitrogen and oxygen atoms in total. The predicted molar refractivity (Wildman–Crippen MR) is 155 cm³/mol. The zero-order valence-corrected chi connectivity index (χ0v) is 23.9. The Balaban J connectivity index is 1.46. The summed E-state index contributed by atoms with van der Waals surface area (Å²) in [7, 11) is 0. The minimum Gasteiger partial charge on any atom is -0.394 e. The average Bonchev–Trinajstić information content (AvgIpc) is 3.48. The second-order valence-corrected chi connectivity index (χ2v) is 10.2. The number of nitrogens with zero attached hydrogens (tertiary/aromatic N) is 3. The van der Waals surface area contributed by atoms with E-state index in [0.717, 1.165) is 12.8 Å². The average molecular weight is 590 g/mol. The lowest BCUT2D eigenvalue weighted by atomic mass is 9.92. The molecule has 6 atom stereocenters. The van der Waals surface area contributed by atoms with Crippen molar-refractivity contribution in [3.63, 3.8) is 0 Å². The van der Waals surface area contributed by atoms with Gasteiger partial charge in [-0.15, -0.1) is 0 Å². The van der Waals surface area contributed by atoms with Crippen molar-refractivity contribution in [1.29, 1.82) is 0 Å². The summed E-state index contributed by atoms with van der Waals surface area (Å²) in [5.74, 6) is -0.961. The number of aromatic amines is 1. The van der Waals surface area contributed by atoms with Gasteiger partial charge in [0, 0.05) is 6.08 Å². The highest BCUT2D eigenvalue weighted by atomic mass is 16.5. The zero-order chi connectivity index (χ0) is 30.3. The third-order valence-electron chi connectivity index (χ3n) is 6.97. The number of aliphatic hydroxyl groups excluding tert-OH is 4. The fraction of sp³-hybridized carbons (Fsp3) is 0.607. The normalized spacial score (nSPS) is 23.4. The van der Waals surface area contributed by atoms with E-state index in [9.17, 15) is 30.0 Å². The number of rotatable bonds is 17. The van der Waals surface area contributed by atoms with Crippen LogP contribution in [0.1, 0.15) is 58.3 Å². The maximum atomic E-state index is 12.6. The number of fused-ring (bicyclic) bond motifs is 1. The van der Waals surface area contributed by atoms with Gasteiger partial charge in [0.15, 0.2) is 17.7 Å². The number of hydrogen-bond donors (Lipinski definition) is 8. The van der Waals surface area contributed by atoms with Crippen LogP contribution in [-0.4, -0.2) is 102 Å². The minimum atomic E-state index is -1.61. The first-order valence-corrected chi connectivity index (χ1v) is 14.5. The topological polar surface area (TPSA) is 215 Å². The molecule has 6 unspecified atom stereocenters. The number of amides is 2. The van der Waals surface area contributed by atoms with Gasteiger partial charge in [-0.2, -0.15) is 0 Å². The molecule has 14 heteroatoms. The molecule has 0 aromatic carbocycles. The number of H-pyrrole nitrogens is 1. The molecular weight excluding hydrogens is 546 g/mol. The Morgan fingerprint density at radius 2 is 1.83 bits per heavy atom. The molecule has 0 bridgehead atoms. The molecule has 0 spiro atoms. The van der Waals surface area contributed by atoms with Crippen LogP contribution in [0, 0.1) is 0 Å². The number of allylic oxidation sites excluding steroid dienone is 3. The van der Waals surface area contributed by atoms with Crippen LogP contribution in [0.5, 0.6) is 0 Å². The van der Waals surface area contributed by atoms with Gasteiger partial charge in [-0.25, -0.2) is 15.0 Å². The van der Waals surface area contributed by atoms with Gasteiger partial charge in [0.25, 0.3) is 0 Å². The molecule has 1 aliphatic heterocycles. The Bertz CT molecular complexity index is 1170. The number of carbonyl (C=O) groups is 2. The summed E-state index contributed by atoms with van der Waals surface area (Å²) < 4.78 is 5.77. The molecule has 1 aliphatic rings. The minimum absolute atomic E-state index is 0.219. The first kappa shape index (κ1) is 33.1. The van der Waals surface area contributed by atoms with Gasteiger partial charge >= 0.3 is 0 Å². The van der Waals surface area contributed by atoms with Gasteiger partial charge in [-0.3, -0.25) is 9.59 Å². The highest BCUT2D eigenvalue weighted by Gasteiger charge is 2.48. The third kappa shape index (κ3) is 9.84. The fourth-order valence-corrected chi connectivity index (χ4v) is 4.65. The fourth-order valence-electron chi connectivity index (χ4n) is 4.65. The van der Waals surface area contributed by atoms with E-state index in [0.29, 0.717) is 11.2 Å². The largest absolute Gasteiger partial charge is 0.394 e. The van der Waals surface area contributed by atoms with E-state index in [2.05, 4.69) is 42.8 Å². The zero-order valence-electron chi connectivity index (χ0n) is 23.9. The number of ether oxygens (including phenoxy) is 1. The van der Waals surface area contributed by atoms with Crippen LogP contribution in [0.3, 0.4) is 0 Å². The first-order chi connectivity index (χ1) is 20.3. The summed E-state index contributed by atoms with van der Waals surface area (Å²) >= 11 is 0. The van der Waals surface area contributed by atoms with Crippen molar-refractivity contribution in [3.05, 3.63) is 37.0 Å². The lowest BCUT2D eigenvalue weighted by molar-refractivity contribution is -0.204. The molecule has 232 valence electrons. The predicted octanol–water partition coefficient (Wildman–Crippen LogP) is 0.419. The molecule has 2 amide bonds. The van der Waals surface area contributed by atoms with E-state index < -0.39 is 61.7 Å². The molecule has 3 heterocycles. The summed E-state index contributed by atoms with van der Waals surface area (Å²) in [6.45, 7) is 1.04. The Morgan fingerprint density at radius 3 is 2.60 bits per heavy atom. The van der Waals surface area contributed by atoms with Gasteiger partial charge in [-0.1, -0.05) is 63.7 Å². The molecule has 2 aromatic rings. The molecule has 42 heavy (non-hydrogen) atoms. The number of carbonyl (C=O) groups excluding carboxylic acids is 2. The molecule has 3 rings (SSSR count). The summed E-state index contributed by atoms with van der Waals surface area (Å²) in [5, 5.41) is 49.2. The standard InChI is InChI=1S/C28H43N7O7/c1-2-3-4-5-6-7-8-9-10-11-12-13-19(38)29-14-20(39)34-21-23(40)24(41)28(42-25(21)18(37)15-36)35-27-22-26(31-16-30-22)32-17-33-27/h10-13,16-18,21,23-25,28,36-37,40-41H,2-9,14-15H2,1H3,(H,29,38)(H,34,39)(H2,30,31,32,33,35)/b11-10+,13-12+. The third-order valence-corrected chi connectivity index (χ3v) is 6.97. The molecule has 1 fully saturated rings. The number of nitrogens with one attached hydrogen (secondary N) is 4. The summed E-state index contributed by atoms with van der Waals surface area (Å²) in [6.07, 6.45) is 11.6. The van der Waals surface area contributed by atoms with E-state index in [1.165, 1.54) is 57.3 Å². The van der Waals surface area contributed by atoms with Crippen molar-refractivity contribution in [2.45, 2.75) is 95.0 Å². The van der Waals surface area contributed by atoms with Crippen molar-refractivity contribution in [2.24, 2.45) is 0 Å². The van der Waals surface area contributed by atoms with Crippen molar-refractivity contribution in [1.82, 2.24) is 30.6 Å². The highest BCUT2D eigenvalue weighted by Crippen LogP contribution is 2.26. The number of hydrogen-bond acceptors (Lipinski definition) is 11. The van der Waals surface area contributed by atoms with Crippen molar-refractivity contribution >= 4 is 28.8 Å². The van der Waals surface area contributed by atoms with Gasteiger partial charge in [-0.05, 0) is 12.8 Å². The molecule has 0 aliphatic carbocycles. The van der Waals surface area contributed by atoms with Crippen LogP contribution < -0.4 is 16.0 Å². The number of aromatic nitrogens is 4.